The quantitative estimate of drug-likeness (QED) is 0.812. The van der Waals surface area contributed by atoms with Crippen molar-refractivity contribution < 1.29 is 14.3 Å². The first-order chi connectivity index (χ1) is 11.0. The molecule has 0 spiro atoms. The molecule has 120 valence electrons. The molecule has 1 heterocycles. The van der Waals surface area contributed by atoms with Crippen molar-refractivity contribution in [1.82, 2.24) is 0 Å². The molecule has 0 amide bonds. The Morgan fingerprint density at radius 1 is 1.39 bits per heavy atom. The number of hydrogen-bond acceptors (Lipinski definition) is 5. The van der Waals surface area contributed by atoms with Crippen molar-refractivity contribution >= 4 is 21.9 Å². The average Bonchev–Trinajstić information content (AvgIpc) is 2.54. The summed E-state index contributed by atoms with van der Waals surface area (Å²) in [5, 5.41) is 9.48. The number of carbonyl (C=O) groups excluding carboxylic acids is 1. The Labute approximate surface area is 143 Å². The molecule has 1 aliphatic heterocycles. The second kappa shape index (κ2) is 7.34. The molecule has 2 N–H and O–H groups in total. The third-order valence-corrected chi connectivity index (χ3v) is 4.05. The third kappa shape index (κ3) is 3.40. The normalized spacial score (nSPS) is 17.6. The maximum absolute atomic E-state index is 12.4. The van der Waals surface area contributed by atoms with Crippen molar-refractivity contribution in [3.05, 3.63) is 57.1 Å². The number of carbonyl (C=O) groups is 1. The van der Waals surface area contributed by atoms with E-state index in [1.54, 1.807) is 6.92 Å². The molecule has 0 radical (unpaired) electrons. The zero-order valence-corrected chi connectivity index (χ0v) is 14.5. The molecule has 0 bridgehead atoms. The smallest absolute Gasteiger partial charge is 0.338 e. The van der Waals surface area contributed by atoms with Gasteiger partial charge in [-0.05, 0) is 24.6 Å². The van der Waals surface area contributed by atoms with Crippen molar-refractivity contribution in [2.24, 2.45) is 5.73 Å². The molecule has 6 heteroatoms. The van der Waals surface area contributed by atoms with Crippen LogP contribution in [0, 0.1) is 11.3 Å². The van der Waals surface area contributed by atoms with Gasteiger partial charge in [0, 0.05) is 10.9 Å². The van der Waals surface area contributed by atoms with E-state index in [9.17, 15) is 10.1 Å². The lowest BCUT2D eigenvalue weighted by Crippen LogP contribution is -2.26. The van der Waals surface area contributed by atoms with Crippen LogP contribution in [0.1, 0.15) is 31.7 Å². The molecule has 23 heavy (non-hydrogen) atoms. The van der Waals surface area contributed by atoms with Gasteiger partial charge in [-0.3, -0.25) is 0 Å². The van der Waals surface area contributed by atoms with Gasteiger partial charge in [-0.25, -0.2) is 4.79 Å². The summed E-state index contributed by atoms with van der Waals surface area (Å²) in [6, 6.07) is 9.46. The maximum Gasteiger partial charge on any atom is 0.338 e. The highest BCUT2D eigenvalue weighted by atomic mass is 79.9. The molecule has 0 aromatic heterocycles. The van der Waals surface area contributed by atoms with Crippen LogP contribution >= 0.6 is 15.9 Å². The van der Waals surface area contributed by atoms with Crippen molar-refractivity contribution in [2.45, 2.75) is 26.2 Å². The zero-order chi connectivity index (χ0) is 17.0. The SMILES string of the molecule is CCOC(=O)C1=C(CC)OC(N)=C(C#N)[C@H]1c1ccc(Br)cc1. The van der Waals surface area contributed by atoms with Crippen LogP contribution in [0.25, 0.3) is 0 Å². The van der Waals surface area contributed by atoms with Crippen molar-refractivity contribution in [2.75, 3.05) is 6.61 Å². The Kier molecular flexibility index (Phi) is 5.45. The standard InChI is InChI=1S/C17H17BrN2O3/c1-3-13-15(17(21)22-4-2)14(12(9-19)16(20)23-13)10-5-7-11(18)8-6-10/h5-8,14H,3-4,20H2,1-2H3/t14-/m1/s1. The summed E-state index contributed by atoms with van der Waals surface area (Å²) in [4.78, 5) is 12.4. The molecule has 0 fully saturated rings. The maximum atomic E-state index is 12.4. The summed E-state index contributed by atoms with van der Waals surface area (Å²) in [6.45, 7) is 3.84. The van der Waals surface area contributed by atoms with Gasteiger partial charge in [0.25, 0.3) is 0 Å². The lowest BCUT2D eigenvalue weighted by Gasteiger charge is -2.27. The molecule has 1 atom stereocenters. The van der Waals surface area contributed by atoms with Crippen LogP contribution in [0.4, 0.5) is 0 Å². The van der Waals surface area contributed by atoms with Crippen LogP contribution in [0.15, 0.2) is 51.5 Å². The Morgan fingerprint density at radius 3 is 2.57 bits per heavy atom. The second-order valence-corrected chi connectivity index (χ2v) is 5.80. The second-order valence-electron chi connectivity index (χ2n) is 4.89. The minimum absolute atomic E-state index is 0.0327. The van der Waals surface area contributed by atoms with Crippen molar-refractivity contribution in [3.8, 4) is 6.07 Å². The molecule has 2 rings (SSSR count). The van der Waals surface area contributed by atoms with Gasteiger partial charge in [-0.1, -0.05) is 35.0 Å². The van der Waals surface area contributed by atoms with E-state index in [1.165, 1.54) is 0 Å². The number of halogens is 1. The largest absolute Gasteiger partial charge is 0.463 e. The third-order valence-electron chi connectivity index (χ3n) is 3.52. The molecule has 0 saturated carbocycles. The van der Waals surface area contributed by atoms with E-state index in [-0.39, 0.29) is 18.1 Å². The topological polar surface area (TPSA) is 85.3 Å². The molecule has 1 aromatic rings. The van der Waals surface area contributed by atoms with E-state index in [0.29, 0.717) is 17.8 Å². The van der Waals surface area contributed by atoms with Crippen LogP contribution in [-0.2, 0) is 14.3 Å². The Balaban J connectivity index is 2.63. The Bertz CT molecular complexity index is 714. The summed E-state index contributed by atoms with van der Waals surface area (Å²) in [6.07, 6.45) is 0.473. The van der Waals surface area contributed by atoms with E-state index >= 15 is 0 Å². The highest BCUT2D eigenvalue weighted by Gasteiger charge is 2.36. The molecular formula is C17H17BrN2O3. The Morgan fingerprint density at radius 2 is 2.04 bits per heavy atom. The zero-order valence-electron chi connectivity index (χ0n) is 12.9. The van der Waals surface area contributed by atoms with Crippen LogP contribution < -0.4 is 5.73 Å². The van der Waals surface area contributed by atoms with Crippen LogP contribution in [0.5, 0.6) is 0 Å². The highest BCUT2D eigenvalue weighted by molar-refractivity contribution is 9.10. The van der Waals surface area contributed by atoms with Gasteiger partial charge in [-0.2, -0.15) is 5.26 Å². The molecule has 1 aliphatic rings. The first-order valence-corrected chi connectivity index (χ1v) is 8.05. The fourth-order valence-electron chi connectivity index (χ4n) is 2.50. The minimum atomic E-state index is -0.587. The van der Waals surface area contributed by atoms with Gasteiger partial charge in [0.2, 0.25) is 5.88 Å². The van der Waals surface area contributed by atoms with Gasteiger partial charge in [0.15, 0.2) is 0 Å². The van der Waals surface area contributed by atoms with E-state index in [4.69, 9.17) is 15.2 Å². The minimum Gasteiger partial charge on any atom is -0.463 e. The monoisotopic (exact) mass is 376 g/mol. The first-order valence-electron chi connectivity index (χ1n) is 7.26. The number of rotatable bonds is 4. The summed E-state index contributed by atoms with van der Waals surface area (Å²) in [5.41, 5.74) is 7.22. The molecule has 0 saturated heterocycles. The van der Waals surface area contributed by atoms with E-state index < -0.39 is 11.9 Å². The molecule has 1 aromatic carbocycles. The number of nitrogens with zero attached hydrogens (tertiary/aromatic N) is 1. The predicted octanol–water partition coefficient (Wildman–Crippen LogP) is 3.48. The number of benzene rings is 1. The van der Waals surface area contributed by atoms with Gasteiger partial charge in [0.1, 0.15) is 17.4 Å². The molecule has 0 unspecified atom stereocenters. The molecular weight excluding hydrogens is 360 g/mol. The van der Waals surface area contributed by atoms with Crippen LogP contribution in [-0.4, -0.2) is 12.6 Å². The van der Waals surface area contributed by atoms with Crippen molar-refractivity contribution in [1.29, 1.82) is 5.26 Å². The summed E-state index contributed by atoms with van der Waals surface area (Å²) in [5.74, 6) is -0.605. The van der Waals surface area contributed by atoms with Crippen LogP contribution in [0.2, 0.25) is 0 Å². The summed E-state index contributed by atoms with van der Waals surface area (Å²) >= 11 is 3.38. The highest BCUT2D eigenvalue weighted by Crippen LogP contribution is 2.40. The van der Waals surface area contributed by atoms with E-state index in [0.717, 1.165) is 10.0 Å². The van der Waals surface area contributed by atoms with Gasteiger partial charge < -0.3 is 15.2 Å². The van der Waals surface area contributed by atoms with E-state index in [2.05, 4.69) is 22.0 Å². The fourth-order valence-corrected chi connectivity index (χ4v) is 2.77. The summed E-state index contributed by atoms with van der Waals surface area (Å²) < 4.78 is 11.6. The predicted molar refractivity (Wildman–Crippen MR) is 88.7 cm³/mol. The molecule has 5 nitrogen and oxygen atoms in total. The van der Waals surface area contributed by atoms with Crippen LogP contribution in [0.3, 0.4) is 0 Å². The summed E-state index contributed by atoms with van der Waals surface area (Å²) in [7, 11) is 0. The van der Waals surface area contributed by atoms with Gasteiger partial charge in [0.05, 0.1) is 18.1 Å². The number of nitriles is 1. The molecule has 0 aliphatic carbocycles. The first kappa shape index (κ1) is 17.1. The number of hydrogen-bond donors (Lipinski definition) is 1. The average molecular weight is 377 g/mol. The lowest BCUT2D eigenvalue weighted by molar-refractivity contribution is -0.139. The van der Waals surface area contributed by atoms with E-state index in [1.807, 2.05) is 31.2 Å². The van der Waals surface area contributed by atoms with Crippen molar-refractivity contribution in [3.63, 3.8) is 0 Å². The fraction of sp³-hybridized carbons (Fsp3) is 0.294. The number of ether oxygens (including phenoxy) is 2. The lowest BCUT2D eigenvalue weighted by atomic mass is 9.82. The van der Waals surface area contributed by atoms with Gasteiger partial charge >= 0.3 is 5.97 Å². The van der Waals surface area contributed by atoms with Gasteiger partial charge in [-0.15, -0.1) is 0 Å². The number of allylic oxidation sites excluding steroid dienone is 2. The Hall–Kier alpha value is -2.26. The number of nitrogens with two attached hydrogens (primary N) is 1. The number of esters is 1.